The Balaban J connectivity index is 1.76. The van der Waals surface area contributed by atoms with Gasteiger partial charge in [-0.25, -0.2) is 4.39 Å². The maximum absolute atomic E-state index is 13.2. The molecule has 0 saturated heterocycles. The van der Waals surface area contributed by atoms with E-state index in [0.717, 1.165) is 31.2 Å². The van der Waals surface area contributed by atoms with E-state index in [1.165, 1.54) is 12.1 Å². The van der Waals surface area contributed by atoms with Crippen molar-refractivity contribution in [2.24, 2.45) is 0 Å². The summed E-state index contributed by atoms with van der Waals surface area (Å²) in [6, 6.07) is 11.4. The number of carbonyl (C=O) groups excluding carboxylic acids is 2. The molecule has 3 rings (SSSR count). The summed E-state index contributed by atoms with van der Waals surface area (Å²) in [6.45, 7) is 4.14. The van der Waals surface area contributed by atoms with Crippen LogP contribution in [0.2, 0.25) is 0 Å². The van der Waals surface area contributed by atoms with Gasteiger partial charge in [-0.3, -0.25) is 9.59 Å². The Morgan fingerprint density at radius 3 is 2.62 bits per heavy atom. The predicted octanol–water partition coefficient (Wildman–Crippen LogP) is 5.05. The van der Waals surface area contributed by atoms with Crippen molar-refractivity contribution in [3.8, 4) is 5.75 Å². The lowest BCUT2D eigenvalue weighted by molar-refractivity contribution is -0.125. The van der Waals surface area contributed by atoms with E-state index in [1.54, 1.807) is 42.2 Å². The second kappa shape index (κ2) is 9.54. The van der Waals surface area contributed by atoms with Crippen LogP contribution in [0.5, 0.6) is 5.75 Å². The largest absolute Gasteiger partial charge is 0.479 e. The van der Waals surface area contributed by atoms with E-state index in [1.807, 2.05) is 0 Å². The summed E-state index contributed by atoms with van der Waals surface area (Å²) in [5, 5.41) is 2.90. The third-order valence-corrected chi connectivity index (χ3v) is 4.96. The van der Waals surface area contributed by atoms with Gasteiger partial charge >= 0.3 is 0 Å². The van der Waals surface area contributed by atoms with Crippen LogP contribution in [-0.4, -0.2) is 17.9 Å². The molecule has 1 atom stereocenters. The van der Waals surface area contributed by atoms with Gasteiger partial charge in [0.25, 0.3) is 5.91 Å². The molecule has 2 amide bonds. The van der Waals surface area contributed by atoms with Gasteiger partial charge in [0.15, 0.2) is 6.10 Å². The van der Waals surface area contributed by atoms with E-state index < -0.39 is 6.10 Å². The number of hydrogen-bond acceptors (Lipinski definition) is 3. The van der Waals surface area contributed by atoms with Crippen molar-refractivity contribution in [3.05, 3.63) is 53.8 Å². The monoisotopic (exact) mass is 398 g/mol. The Labute approximate surface area is 170 Å². The molecule has 2 aromatic carbocycles. The second-order valence-electron chi connectivity index (χ2n) is 7.35. The summed E-state index contributed by atoms with van der Waals surface area (Å²) in [5.41, 5.74) is 2.03. The Kier molecular flexibility index (Phi) is 6.86. The topological polar surface area (TPSA) is 58.6 Å². The number of halogens is 1. The van der Waals surface area contributed by atoms with Crippen molar-refractivity contribution in [1.82, 2.24) is 0 Å². The van der Waals surface area contributed by atoms with Crippen LogP contribution in [0.4, 0.5) is 15.8 Å². The first-order chi connectivity index (χ1) is 14.0. The normalized spacial score (nSPS) is 15.6. The van der Waals surface area contributed by atoms with Gasteiger partial charge in [-0.15, -0.1) is 0 Å². The summed E-state index contributed by atoms with van der Waals surface area (Å²) >= 11 is 0. The summed E-state index contributed by atoms with van der Waals surface area (Å²) in [6.07, 6.45) is 4.02. The first-order valence-corrected chi connectivity index (χ1v) is 10.1. The van der Waals surface area contributed by atoms with E-state index >= 15 is 0 Å². The predicted molar refractivity (Wildman–Crippen MR) is 112 cm³/mol. The van der Waals surface area contributed by atoms with Crippen LogP contribution in [0.25, 0.3) is 0 Å². The van der Waals surface area contributed by atoms with Crippen LogP contribution in [0.15, 0.2) is 42.5 Å². The lowest BCUT2D eigenvalue weighted by Crippen LogP contribution is -2.44. The number of fused-ring (bicyclic) bond motifs is 1. The maximum Gasteiger partial charge on any atom is 0.268 e. The highest BCUT2D eigenvalue weighted by Gasteiger charge is 2.31. The van der Waals surface area contributed by atoms with Crippen LogP contribution in [0.1, 0.15) is 51.5 Å². The number of carbonyl (C=O) groups is 2. The number of benzene rings is 2. The molecule has 1 N–H and O–H groups in total. The molecule has 1 aliphatic heterocycles. The molecular formula is C23H27FN2O3. The fourth-order valence-electron chi connectivity index (χ4n) is 3.36. The highest BCUT2D eigenvalue weighted by Crippen LogP contribution is 2.37. The highest BCUT2D eigenvalue weighted by molar-refractivity contribution is 6.01. The van der Waals surface area contributed by atoms with Crippen LogP contribution in [0.3, 0.4) is 0 Å². The highest BCUT2D eigenvalue weighted by atomic mass is 19.1. The fraction of sp³-hybridized carbons (Fsp3) is 0.391. The molecule has 0 aliphatic carbocycles. The molecule has 0 spiro atoms. The van der Waals surface area contributed by atoms with Crippen molar-refractivity contribution >= 4 is 23.2 Å². The van der Waals surface area contributed by atoms with E-state index in [0.29, 0.717) is 30.1 Å². The molecule has 0 fully saturated rings. The summed E-state index contributed by atoms with van der Waals surface area (Å²) in [4.78, 5) is 26.6. The molecular weight excluding hydrogens is 371 g/mol. The quantitative estimate of drug-likeness (QED) is 0.633. The van der Waals surface area contributed by atoms with Gasteiger partial charge < -0.3 is 15.0 Å². The molecule has 1 unspecified atom stereocenters. The van der Waals surface area contributed by atoms with Gasteiger partial charge in [0.1, 0.15) is 11.6 Å². The van der Waals surface area contributed by atoms with E-state index in [9.17, 15) is 14.0 Å². The fourth-order valence-corrected chi connectivity index (χ4v) is 3.36. The average Bonchev–Trinajstić information content (AvgIpc) is 2.71. The van der Waals surface area contributed by atoms with Gasteiger partial charge in [0.05, 0.1) is 12.2 Å². The third-order valence-electron chi connectivity index (χ3n) is 4.96. The number of nitrogens with zero attached hydrogens (tertiary/aromatic N) is 1. The van der Waals surface area contributed by atoms with Crippen LogP contribution in [-0.2, 0) is 16.1 Å². The number of unbranched alkanes of at least 4 members (excludes halogenated alkanes) is 3. The van der Waals surface area contributed by atoms with Crippen molar-refractivity contribution in [2.75, 3.05) is 10.2 Å². The summed E-state index contributed by atoms with van der Waals surface area (Å²) in [7, 11) is 0. The SMILES string of the molecule is CCCCCCC(=O)Nc1ccc2c(c1)N(Cc1ccc(F)cc1)C(=O)C(C)O2. The molecule has 5 nitrogen and oxygen atoms in total. The number of rotatable bonds is 8. The Hall–Kier alpha value is -2.89. The number of nitrogens with one attached hydrogen (secondary N) is 1. The molecule has 29 heavy (non-hydrogen) atoms. The van der Waals surface area contributed by atoms with Crippen LogP contribution < -0.4 is 15.0 Å². The Bertz CT molecular complexity index is 867. The molecule has 0 bridgehead atoms. The first-order valence-electron chi connectivity index (χ1n) is 10.1. The number of ether oxygens (including phenoxy) is 1. The van der Waals surface area contributed by atoms with Crippen LogP contribution >= 0.6 is 0 Å². The molecule has 0 radical (unpaired) electrons. The van der Waals surface area contributed by atoms with Gasteiger partial charge in [-0.1, -0.05) is 38.3 Å². The van der Waals surface area contributed by atoms with E-state index in [4.69, 9.17) is 4.74 Å². The smallest absolute Gasteiger partial charge is 0.268 e. The molecule has 154 valence electrons. The van der Waals surface area contributed by atoms with Gasteiger partial charge in [0.2, 0.25) is 5.91 Å². The van der Waals surface area contributed by atoms with Gasteiger partial charge in [-0.2, -0.15) is 0 Å². The minimum absolute atomic E-state index is 0.0393. The molecule has 0 aromatic heterocycles. The number of hydrogen-bond donors (Lipinski definition) is 1. The molecule has 1 heterocycles. The molecule has 1 aliphatic rings. The lowest BCUT2D eigenvalue weighted by atomic mass is 10.1. The van der Waals surface area contributed by atoms with E-state index in [2.05, 4.69) is 12.2 Å². The Morgan fingerprint density at radius 1 is 1.14 bits per heavy atom. The zero-order valence-corrected chi connectivity index (χ0v) is 16.9. The lowest BCUT2D eigenvalue weighted by Gasteiger charge is -2.33. The molecule has 0 saturated carbocycles. The zero-order valence-electron chi connectivity index (χ0n) is 16.9. The summed E-state index contributed by atoms with van der Waals surface area (Å²) in [5.74, 6) is 0.0485. The minimum atomic E-state index is -0.609. The van der Waals surface area contributed by atoms with Gasteiger partial charge in [-0.05, 0) is 49.2 Å². The van der Waals surface area contributed by atoms with Crippen molar-refractivity contribution < 1.29 is 18.7 Å². The Morgan fingerprint density at radius 2 is 1.90 bits per heavy atom. The maximum atomic E-state index is 13.2. The van der Waals surface area contributed by atoms with Crippen molar-refractivity contribution in [1.29, 1.82) is 0 Å². The first kappa shape index (κ1) is 20.8. The molecule has 2 aromatic rings. The summed E-state index contributed by atoms with van der Waals surface area (Å²) < 4.78 is 18.9. The van der Waals surface area contributed by atoms with Crippen molar-refractivity contribution in [2.45, 2.75) is 58.6 Å². The van der Waals surface area contributed by atoms with Crippen LogP contribution in [0, 0.1) is 5.82 Å². The molecule has 6 heteroatoms. The van der Waals surface area contributed by atoms with Crippen molar-refractivity contribution in [3.63, 3.8) is 0 Å². The number of amides is 2. The zero-order chi connectivity index (χ0) is 20.8. The standard InChI is InChI=1S/C23H27FN2O3/c1-3-4-5-6-7-22(27)25-19-12-13-21-20(14-19)26(23(28)16(2)29-21)15-17-8-10-18(24)11-9-17/h8-14,16H,3-7,15H2,1-2H3,(H,25,27). The average molecular weight is 398 g/mol. The van der Waals surface area contributed by atoms with Gasteiger partial charge in [0, 0.05) is 12.1 Å². The van der Waals surface area contributed by atoms with E-state index in [-0.39, 0.29) is 17.6 Å². The number of anilines is 2. The second-order valence-corrected chi connectivity index (χ2v) is 7.35. The minimum Gasteiger partial charge on any atom is -0.479 e. The third kappa shape index (κ3) is 5.34.